The molecule has 12 nitrogen and oxygen atoms in total. The lowest BCUT2D eigenvalue weighted by Gasteiger charge is -2.29. The second kappa shape index (κ2) is 23.5. The standard InChI is InChI=1S/C33H60O12/c1-9-13-17-38-22(5)42-30(34)26-21-27(31(35)43-23(6)39-18-14-10-2)29(33(37)45-25(8)41-20-16-12-4)28(26)32(36)44-24(7)40-19-15-11-3/h22-30,34H,9-21H2,1-8H3. The quantitative estimate of drug-likeness (QED) is 0.0580. The zero-order chi connectivity index (χ0) is 33.8. The minimum atomic E-state index is -1.57. The Labute approximate surface area is 270 Å². The topological polar surface area (TPSA) is 145 Å². The number of rotatable bonds is 25. The van der Waals surface area contributed by atoms with E-state index in [0.29, 0.717) is 26.4 Å². The molecule has 1 aliphatic carbocycles. The molecule has 0 aliphatic heterocycles. The monoisotopic (exact) mass is 648 g/mol. The van der Waals surface area contributed by atoms with Crippen molar-refractivity contribution in [1.82, 2.24) is 0 Å². The van der Waals surface area contributed by atoms with Gasteiger partial charge in [-0.05, 0) is 59.8 Å². The van der Waals surface area contributed by atoms with Crippen LogP contribution in [0.25, 0.3) is 0 Å². The van der Waals surface area contributed by atoms with Crippen LogP contribution in [0.1, 0.15) is 113 Å². The average molecular weight is 649 g/mol. The van der Waals surface area contributed by atoms with Gasteiger partial charge in [0, 0.05) is 12.5 Å². The minimum Gasteiger partial charge on any atom is -0.436 e. The van der Waals surface area contributed by atoms with Crippen LogP contribution in [-0.2, 0) is 52.3 Å². The highest BCUT2D eigenvalue weighted by atomic mass is 16.7. The van der Waals surface area contributed by atoms with E-state index in [-0.39, 0.29) is 6.42 Å². The summed E-state index contributed by atoms with van der Waals surface area (Å²) < 4.78 is 45.0. The van der Waals surface area contributed by atoms with E-state index in [0.717, 1.165) is 51.4 Å². The van der Waals surface area contributed by atoms with Crippen molar-refractivity contribution in [2.45, 2.75) is 145 Å². The van der Waals surface area contributed by atoms with E-state index in [1.54, 1.807) is 27.7 Å². The van der Waals surface area contributed by atoms with Crippen LogP contribution in [-0.4, -0.2) is 80.9 Å². The van der Waals surface area contributed by atoms with Gasteiger partial charge in [-0.1, -0.05) is 53.4 Å². The number of unbranched alkanes of at least 4 members (excludes halogenated alkanes) is 4. The van der Waals surface area contributed by atoms with Gasteiger partial charge in [0.25, 0.3) is 0 Å². The summed E-state index contributed by atoms with van der Waals surface area (Å²) >= 11 is 0. The summed E-state index contributed by atoms with van der Waals surface area (Å²) in [5.41, 5.74) is 0. The lowest BCUT2D eigenvalue weighted by molar-refractivity contribution is -0.245. The first-order valence-electron chi connectivity index (χ1n) is 16.9. The summed E-state index contributed by atoms with van der Waals surface area (Å²) in [6.07, 6.45) is 1.49. The van der Waals surface area contributed by atoms with Crippen LogP contribution >= 0.6 is 0 Å². The Morgan fingerprint density at radius 1 is 0.578 bits per heavy atom. The SMILES string of the molecule is CCCCOC(C)OC(=O)C1CC(C(O)OC(C)OCCCC)C(C(=O)OC(C)OCCCC)C1C(=O)OC(C)OCCCC. The van der Waals surface area contributed by atoms with Gasteiger partial charge in [0.2, 0.25) is 0 Å². The van der Waals surface area contributed by atoms with Crippen LogP contribution in [0.3, 0.4) is 0 Å². The summed E-state index contributed by atoms with van der Waals surface area (Å²) in [4.78, 5) is 41.1. The summed E-state index contributed by atoms with van der Waals surface area (Å²) in [6, 6.07) is 0. The Morgan fingerprint density at radius 3 is 1.33 bits per heavy atom. The maximum absolute atomic E-state index is 13.8. The Hall–Kier alpha value is -1.83. The predicted octanol–water partition coefficient (Wildman–Crippen LogP) is 5.47. The van der Waals surface area contributed by atoms with Crippen molar-refractivity contribution in [3.05, 3.63) is 0 Å². The molecule has 0 spiro atoms. The van der Waals surface area contributed by atoms with Crippen molar-refractivity contribution >= 4 is 17.9 Å². The molecule has 0 radical (unpaired) electrons. The molecule has 0 bridgehead atoms. The van der Waals surface area contributed by atoms with E-state index in [4.69, 9.17) is 37.9 Å². The molecular weight excluding hydrogens is 588 g/mol. The van der Waals surface area contributed by atoms with Gasteiger partial charge >= 0.3 is 17.9 Å². The first-order valence-corrected chi connectivity index (χ1v) is 16.9. The molecule has 0 amide bonds. The van der Waals surface area contributed by atoms with E-state index >= 15 is 0 Å². The highest BCUT2D eigenvalue weighted by molar-refractivity contribution is 5.89. The van der Waals surface area contributed by atoms with Gasteiger partial charge in [-0.2, -0.15) is 0 Å². The smallest absolute Gasteiger partial charge is 0.313 e. The van der Waals surface area contributed by atoms with E-state index < -0.39 is 73.0 Å². The second-order valence-corrected chi connectivity index (χ2v) is 11.6. The van der Waals surface area contributed by atoms with Crippen molar-refractivity contribution < 1.29 is 57.4 Å². The molecule has 0 heterocycles. The van der Waals surface area contributed by atoms with Gasteiger partial charge in [0.15, 0.2) is 31.5 Å². The molecule has 9 unspecified atom stereocenters. The summed E-state index contributed by atoms with van der Waals surface area (Å²) in [5, 5.41) is 11.3. The molecular formula is C33H60O12. The molecule has 1 fully saturated rings. The van der Waals surface area contributed by atoms with Crippen molar-refractivity contribution in [1.29, 1.82) is 0 Å². The van der Waals surface area contributed by atoms with Gasteiger partial charge in [-0.3, -0.25) is 14.4 Å². The number of esters is 3. The normalized spacial score (nSPS) is 23.1. The number of aliphatic hydroxyl groups excluding tert-OH is 1. The van der Waals surface area contributed by atoms with Crippen molar-refractivity contribution in [3.63, 3.8) is 0 Å². The van der Waals surface area contributed by atoms with Crippen molar-refractivity contribution in [2.75, 3.05) is 26.4 Å². The molecule has 45 heavy (non-hydrogen) atoms. The molecule has 264 valence electrons. The fraction of sp³-hybridized carbons (Fsp3) is 0.909. The van der Waals surface area contributed by atoms with Gasteiger partial charge in [-0.25, -0.2) is 0 Å². The second-order valence-electron chi connectivity index (χ2n) is 11.6. The van der Waals surface area contributed by atoms with E-state index in [1.807, 2.05) is 27.7 Å². The largest absolute Gasteiger partial charge is 0.436 e. The van der Waals surface area contributed by atoms with Crippen LogP contribution in [0.15, 0.2) is 0 Å². The Morgan fingerprint density at radius 2 is 0.933 bits per heavy atom. The number of hydrogen-bond donors (Lipinski definition) is 1. The fourth-order valence-electron chi connectivity index (χ4n) is 5.02. The number of hydrogen-bond acceptors (Lipinski definition) is 12. The number of carbonyl (C=O) groups excluding carboxylic acids is 3. The Kier molecular flexibility index (Phi) is 21.5. The van der Waals surface area contributed by atoms with Crippen molar-refractivity contribution in [3.8, 4) is 0 Å². The zero-order valence-electron chi connectivity index (χ0n) is 28.8. The van der Waals surface area contributed by atoms with E-state index in [1.165, 1.54) is 0 Å². The number of ether oxygens (including phenoxy) is 8. The minimum absolute atomic E-state index is 0.112. The summed E-state index contributed by atoms with van der Waals surface area (Å²) in [7, 11) is 0. The van der Waals surface area contributed by atoms with E-state index in [9.17, 15) is 19.5 Å². The molecule has 1 aliphatic rings. The third-order valence-corrected chi connectivity index (χ3v) is 7.60. The highest BCUT2D eigenvalue weighted by Crippen LogP contribution is 2.46. The van der Waals surface area contributed by atoms with Crippen molar-refractivity contribution in [2.24, 2.45) is 23.7 Å². The van der Waals surface area contributed by atoms with Gasteiger partial charge in [0.05, 0.1) is 37.6 Å². The van der Waals surface area contributed by atoms with Crippen LogP contribution in [0.4, 0.5) is 0 Å². The summed E-state index contributed by atoms with van der Waals surface area (Å²) in [6.45, 7) is 16.0. The molecule has 1 N–H and O–H groups in total. The molecule has 1 rings (SSSR count). The first-order chi connectivity index (χ1) is 21.5. The maximum atomic E-state index is 13.8. The van der Waals surface area contributed by atoms with Gasteiger partial charge < -0.3 is 43.0 Å². The predicted molar refractivity (Wildman–Crippen MR) is 165 cm³/mol. The molecule has 9 atom stereocenters. The number of carbonyl (C=O) groups is 3. The van der Waals surface area contributed by atoms with E-state index in [2.05, 4.69) is 0 Å². The lowest BCUT2D eigenvalue weighted by atomic mass is 9.86. The molecule has 0 aromatic carbocycles. The third kappa shape index (κ3) is 15.5. The molecule has 0 saturated heterocycles. The van der Waals surface area contributed by atoms with Crippen LogP contribution in [0.5, 0.6) is 0 Å². The van der Waals surface area contributed by atoms with Gasteiger partial charge in [0.1, 0.15) is 0 Å². The zero-order valence-corrected chi connectivity index (χ0v) is 28.8. The fourth-order valence-corrected chi connectivity index (χ4v) is 5.02. The molecule has 12 heteroatoms. The molecule has 0 aromatic heterocycles. The average Bonchev–Trinajstić information content (AvgIpc) is 3.39. The molecule has 1 saturated carbocycles. The Balaban J connectivity index is 3.36. The van der Waals surface area contributed by atoms with Gasteiger partial charge in [-0.15, -0.1) is 0 Å². The summed E-state index contributed by atoms with van der Waals surface area (Å²) in [5.74, 6) is -7.28. The van der Waals surface area contributed by atoms with Crippen LogP contribution in [0.2, 0.25) is 0 Å². The van der Waals surface area contributed by atoms with Crippen LogP contribution in [0, 0.1) is 23.7 Å². The Bertz CT molecular complexity index is 824. The lowest BCUT2D eigenvalue weighted by Crippen LogP contribution is -2.42. The third-order valence-electron chi connectivity index (χ3n) is 7.60. The number of aliphatic hydroxyl groups is 1. The maximum Gasteiger partial charge on any atom is 0.313 e. The molecule has 0 aromatic rings. The first kappa shape index (κ1) is 41.2. The highest BCUT2D eigenvalue weighted by Gasteiger charge is 2.58. The van der Waals surface area contributed by atoms with Crippen LogP contribution < -0.4 is 0 Å².